The third-order valence-electron chi connectivity index (χ3n) is 8.14. The quantitative estimate of drug-likeness (QED) is 0.292. The van der Waals surface area contributed by atoms with Gasteiger partial charge in [-0.15, -0.1) is 0 Å². The van der Waals surface area contributed by atoms with Crippen LogP contribution in [-0.2, 0) is 12.4 Å². The Morgan fingerprint density at radius 3 is 2.21 bits per heavy atom. The number of carbonyl (C=O) groups is 1. The molecule has 2 fully saturated rings. The van der Waals surface area contributed by atoms with Crippen molar-refractivity contribution in [2.75, 3.05) is 7.11 Å². The lowest BCUT2D eigenvalue weighted by Crippen LogP contribution is -2.41. The Morgan fingerprint density at radius 2 is 1.58 bits per heavy atom. The summed E-state index contributed by atoms with van der Waals surface area (Å²) in [5, 5.41) is 2.63. The minimum atomic E-state index is -4.83. The summed E-state index contributed by atoms with van der Waals surface area (Å²) in [4.78, 5) is 14.7. The Kier molecular flexibility index (Phi) is 7.85. The van der Waals surface area contributed by atoms with Crippen molar-refractivity contribution in [1.29, 1.82) is 0 Å². The summed E-state index contributed by atoms with van der Waals surface area (Å²) in [5.41, 5.74) is -1.21. The number of hydrogen-bond donors (Lipinski definition) is 1. The molecule has 12 heteroatoms. The summed E-state index contributed by atoms with van der Waals surface area (Å²) >= 11 is 0. The smallest absolute Gasteiger partial charge is 0.416 e. The fourth-order valence-corrected chi connectivity index (χ4v) is 6.17. The Labute approximate surface area is 242 Å². The van der Waals surface area contributed by atoms with Crippen molar-refractivity contribution in [3.8, 4) is 16.9 Å². The van der Waals surface area contributed by atoms with Crippen LogP contribution in [0.15, 0.2) is 48.5 Å². The molecule has 2 aliphatic heterocycles. The van der Waals surface area contributed by atoms with Crippen LogP contribution in [-0.4, -0.2) is 24.1 Å². The van der Waals surface area contributed by atoms with E-state index < -0.39 is 59.3 Å². The largest absolute Gasteiger partial charge is 0.496 e. The topological polar surface area (TPSA) is 41.6 Å². The Morgan fingerprint density at radius 1 is 0.884 bits per heavy atom. The van der Waals surface area contributed by atoms with Crippen LogP contribution in [0.4, 0.5) is 39.9 Å². The van der Waals surface area contributed by atoms with Crippen LogP contribution in [0.3, 0.4) is 0 Å². The molecule has 3 aromatic rings. The molecular formula is C31H28F8N2O2. The number of hydrogen-bond acceptors (Lipinski definition) is 2. The summed E-state index contributed by atoms with van der Waals surface area (Å²) in [7, 11) is 1.31. The normalized spacial score (nSPS) is 20.8. The van der Waals surface area contributed by atoms with Gasteiger partial charge in [-0.3, -0.25) is 0 Å². The number of benzene rings is 3. The molecule has 2 aliphatic rings. The van der Waals surface area contributed by atoms with E-state index in [1.165, 1.54) is 24.1 Å². The maximum absolute atomic E-state index is 14.8. The molecule has 43 heavy (non-hydrogen) atoms. The summed E-state index contributed by atoms with van der Waals surface area (Å²) in [5.74, 6) is -1.86. The minimum absolute atomic E-state index is 0.0819. The number of methoxy groups -OCH3 is 1. The van der Waals surface area contributed by atoms with Crippen molar-refractivity contribution >= 4 is 6.03 Å². The van der Waals surface area contributed by atoms with Gasteiger partial charge in [0.2, 0.25) is 0 Å². The molecule has 3 aromatic carbocycles. The van der Waals surface area contributed by atoms with Crippen LogP contribution < -0.4 is 10.1 Å². The van der Waals surface area contributed by atoms with Gasteiger partial charge in [-0.05, 0) is 83.8 Å². The second-order valence-corrected chi connectivity index (χ2v) is 11.1. The van der Waals surface area contributed by atoms with Crippen LogP contribution in [0.5, 0.6) is 5.75 Å². The molecule has 0 saturated carbocycles. The zero-order valence-electron chi connectivity index (χ0n) is 23.3. The second kappa shape index (κ2) is 11.0. The number of carbonyl (C=O) groups excluding carboxylic acids is 1. The van der Waals surface area contributed by atoms with Crippen molar-refractivity contribution in [2.24, 2.45) is 0 Å². The lowest BCUT2D eigenvalue weighted by atomic mass is 9.83. The van der Waals surface area contributed by atoms with Gasteiger partial charge in [-0.2, -0.15) is 26.3 Å². The summed E-state index contributed by atoms with van der Waals surface area (Å²) in [6.07, 6.45) is -8.55. The van der Waals surface area contributed by atoms with Crippen LogP contribution >= 0.6 is 0 Å². The van der Waals surface area contributed by atoms with E-state index in [2.05, 4.69) is 5.32 Å². The maximum Gasteiger partial charge on any atom is 0.416 e. The van der Waals surface area contributed by atoms with Gasteiger partial charge in [-0.1, -0.05) is 19.9 Å². The van der Waals surface area contributed by atoms with Crippen LogP contribution in [0.25, 0.3) is 11.1 Å². The molecule has 0 spiro atoms. The average molecular weight is 613 g/mol. The van der Waals surface area contributed by atoms with Crippen molar-refractivity contribution in [2.45, 2.75) is 69.5 Å². The van der Waals surface area contributed by atoms with Crippen LogP contribution in [0, 0.1) is 11.6 Å². The van der Waals surface area contributed by atoms with Gasteiger partial charge in [0.1, 0.15) is 17.4 Å². The average Bonchev–Trinajstić information content (AvgIpc) is 3.27. The first kappa shape index (κ1) is 30.6. The second-order valence-electron chi connectivity index (χ2n) is 11.1. The van der Waals surface area contributed by atoms with E-state index in [0.717, 1.165) is 30.3 Å². The Balaban J connectivity index is 1.65. The molecule has 2 heterocycles. The molecular weight excluding hydrogens is 584 g/mol. The highest BCUT2D eigenvalue weighted by atomic mass is 19.4. The highest BCUT2D eigenvalue weighted by Gasteiger charge is 2.47. The van der Waals surface area contributed by atoms with E-state index in [9.17, 15) is 39.9 Å². The Hall–Kier alpha value is -3.83. The zero-order chi connectivity index (χ0) is 31.4. The third-order valence-corrected chi connectivity index (χ3v) is 8.14. The van der Waals surface area contributed by atoms with E-state index in [1.807, 2.05) is 0 Å². The van der Waals surface area contributed by atoms with Crippen molar-refractivity contribution in [3.63, 3.8) is 0 Å². The number of piperidine rings is 1. The fraction of sp³-hybridized carbons (Fsp3) is 0.387. The zero-order valence-corrected chi connectivity index (χ0v) is 23.3. The van der Waals surface area contributed by atoms with E-state index in [0.29, 0.717) is 35.6 Å². The standard InChI is InChI=1S/C31H28F8N2O2/c1-15(2)21-13-23(27(43-3)14-24(21)33)20-8-7-17(30(34,35)36)12-22(20)25-5-4-6-26-28(40-29(42)41(25)26)16-9-18(31(37,38)39)11-19(32)10-16/h7-15,25-26,28H,4-6H2,1-3H3,(H,40,42)/t25-,26-,28+/m0/s1. The molecule has 0 aliphatic carbocycles. The number of rotatable bonds is 5. The van der Waals surface area contributed by atoms with Gasteiger partial charge in [0.25, 0.3) is 0 Å². The van der Waals surface area contributed by atoms with Gasteiger partial charge >= 0.3 is 18.4 Å². The van der Waals surface area contributed by atoms with E-state index in [-0.39, 0.29) is 29.2 Å². The molecule has 4 nitrogen and oxygen atoms in total. The summed E-state index contributed by atoms with van der Waals surface area (Å²) in [6, 6.07) is 4.41. The lowest BCUT2D eigenvalue weighted by molar-refractivity contribution is -0.138. The number of fused-ring (bicyclic) bond motifs is 1. The molecule has 0 bridgehead atoms. The molecule has 1 N–H and O–H groups in total. The van der Waals surface area contributed by atoms with Crippen molar-refractivity contribution < 1.29 is 44.7 Å². The number of amides is 2. The first-order valence-electron chi connectivity index (χ1n) is 13.7. The molecule has 0 aromatic heterocycles. The number of alkyl halides is 6. The molecule has 2 amide bonds. The molecule has 2 saturated heterocycles. The minimum Gasteiger partial charge on any atom is -0.496 e. The third kappa shape index (κ3) is 5.75. The van der Waals surface area contributed by atoms with Crippen LogP contribution in [0.2, 0.25) is 0 Å². The number of ether oxygens (including phenoxy) is 1. The molecule has 230 valence electrons. The Bertz CT molecular complexity index is 1550. The molecule has 3 atom stereocenters. The molecule has 0 radical (unpaired) electrons. The van der Waals surface area contributed by atoms with Gasteiger partial charge in [-0.25, -0.2) is 13.6 Å². The first-order valence-corrected chi connectivity index (χ1v) is 13.7. The lowest BCUT2D eigenvalue weighted by Gasteiger charge is -2.39. The SMILES string of the molecule is COc1cc(F)c(C(C)C)cc1-c1ccc(C(F)(F)F)cc1[C@@H]1CCC[C@H]2[C@@H](c3cc(F)cc(C(F)(F)F)c3)NC(=O)N12. The van der Waals surface area contributed by atoms with Gasteiger partial charge < -0.3 is 15.0 Å². The van der Waals surface area contributed by atoms with E-state index in [1.54, 1.807) is 13.8 Å². The van der Waals surface area contributed by atoms with Gasteiger partial charge in [0, 0.05) is 11.6 Å². The number of urea groups is 1. The van der Waals surface area contributed by atoms with Gasteiger partial charge in [0.15, 0.2) is 0 Å². The molecule has 0 unspecified atom stereocenters. The predicted octanol–water partition coefficient (Wildman–Crippen LogP) is 9.16. The number of nitrogens with zero attached hydrogens (tertiary/aromatic N) is 1. The summed E-state index contributed by atoms with van der Waals surface area (Å²) in [6.45, 7) is 3.53. The highest BCUT2D eigenvalue weighted by molar-refractivity contribution is 5.81. The summed E-state index contributed by atoms with van der Waals surface area (Å²) < 4.78 is 117. The van der Waals surface area contributed by atoms with Gasteiger partial charge in [0.05, 0.1) is 36.4 Å². The fourth-order valence-electron chi connectivity index (χ4n) is 6.17. The van der Waals surface area contributed by atoms with Crippen molar-refractivity contribution in [3.05, 3.63) is 88.0 Å². The molecule has 5 rings (SSSR count). The van der Waals surface area contributed by atoms with Crippen molar-refractivity contribution in [1.82, 2.24) is 10.2 Å². The van der Waals surface area contributed by atoms with E-state index >= 15 is 0 Å². The van der Waals surface area contributed by atoms with E-state index in [4.69, 9.17) is 4.74 Å². The predicted molar refractivity (Wildman–Crippen MR) is 142 cm³/mol. The maximum atomic E-state index is 14.8. The van der Waals surface area contributed by atoms with Crippen LogP contribution in [0.1, 0.15) is 78.9 Å². The number of halogens is 8. The highest BCUT2D eigenvalue weighted by Crippen LogP contribution is 2.48. The number of nitrogens with one attached hydrogen (secondary N) is 1. The first-order chi connectivity index (χ1) is 20.1. The monoisotopic (exact) mass is 612 g/mol.